The summed E-state index contributed by atoms with van der Waals surface area (Å²) in [6.07, 6.45) is -0.449. The van der Waals surface area contributed by atoms with E-state index in [-0.39, 0.29) is 24.5 Å². The quantitative estimate of drug-likeness (QED) is 0.826. The molecule has 0 atom stereocenters. The summed E-state index contributed by atoms with van der Waals surface area (Å²) in [6.45, 7) is 7.65. The van der Waals surface area contributed by atoms with E-state index >= 15 is 0 Å². The molecule has 2 amide bonds. The van der Waals surface area contributed by atoms with Crippen LogP contribution in [0.25, 0.3) is 0 Å². The zero-order valence-electron chi connectivity index (χ0n) is 16.1. The van der Waals surface area contributed by atoms with Crippen molar-refractivity contribution >= 4 is 17.7 Å². The molecule has 0 bridgehead atoms. The minimum Gasteiger partial charge on any atom is -0.445 e. The van der Waals surface area contributed by atoms with Crippen molar-refractivity contribution in [3.05, 3.63) is 65.7 Å². The lowest BCUT2D eigenvalue weighted by Gasteiger charge is -2.34. The van der Waals surface area contributed by atoms with Crippen LogP contribution >= 0.6 is 0 Å². The Hall–Kier alpha value is -2.82. The van der Waals surface area contributed by atoms with Crippen molar-refractivity contribution in [2.24, 2.45) is 0 Å². The molecule has 0 aliphatic carbocycles. The fourth-order valence-electron chi connectivity index (χ4n) is 3.05. The summed E-state index contributed by atoms with van der Waals surface area (Å²) in [6, 6.07) is 17.6. The lowest BCUT2D eigenvalue weighted by molar-refractivity contribution is -0.120. The van der Waals surface area contributed by atoms with Gasteiger partial charge in [0.05, 0.1) is 0 Å². The van der Waals surface area contributed by atoms with E-state index in [1.54, 1.807) is 4.90 Å². The number of amides is 2. The molecule has 142 valence electrons. The van der Waals surface area contributed by atoms with E-state index in [2.05, 4.69) is 32.9 Å². The van der Waals surface area contributed by atoms with Gasteiger partial charge in [-0.25, -0.2) is 4.79 Å². The Bertz CT molecular complexity index is 795. The van der Waals surface area contributed by atoms with Crippen molar-refractivity contribution in [3.8, 4) is 0 Å². The van der Waals surface area contributed by atoms with Crippen LogP contribution in [0.1, 0.15) is 31.9 Å². The van der Waals surface area contributed by atoms with Crippen LogP contribution in [0.2, 0.25) is 0 Å². The second kappa shape index (κ2) is 7.82. The zero-order valence-corrected chi connectivity index (χ0v) is 16.1. The van der Waals surface area contributed by atoms with Crippen molar-refractivity contribution in [3.63, 3.8) is 0 Å². The summed E-state index contributed by atoms with van der Waals surface area (Å²) in [5.74, 6) is -0.0959. The van der Waals surface area contributed by atoms with Crippen molar-refractivity contribution in [2.75, 3.05) is 24.5 Å². The Labute approximate surface area is 160 Å². The van der Waals surface area contributed by atoms with Crippen LogP contribution in [0.3, 0.4) is 0 Å². The molecule has 0 aromatic heterocycles. The van der Waals surface area contributed by atoms with Crippen LogP contribution in [0.15, 0.2) is 54.6 Å². The summed E-state index contributed by atoms with van der Waals surface area (Å²) in [5.41, 5.74) is 3.09. The molecule has 0 spiro atoms. The number of carbonyl (C=O) groups is 2. The van der Waals surface area contributed by atoms with Gasteiger partial charge >= 0.3 is 6.09 Å². The minimum atomic E-state index is -0.449. The Morgan fingerprint density at radius 1 is 1.00 bits per heavy atom. The second-order valence-corrected chi connectivity index (χ2v) is 7.80. The number of piperazine rings is 1. The number of rotatable bonds is 3. The summed E-state index contributed by atoms with van der Waals surface area (Å²) < 4.78 is 5.33. The highest BCUT2D eigenvalue weighted by Crippen LogP contribution is 2.25. The Balaban J connectivity index is 1.57. The van der Waals surface area contributed by atoms with Gasteiger partial charge in [-0.05, 0) is 28.7 Å². The highest BCUT2D eigenvalue weighted by molar-refractivity contribution is 5.97. The molecule has 5 heteroatoms. The second-order valence-electron chi connectivity index (χ2n) is 7.80. The highest BCUT2D eigenvalue weighted by atomic mass is 16.6. The van der Waals surface area contributed by atoms with Crippen LogP contribution in [-0.2, 0) is 21.6 Å². The van der Waals surface area contributed by atoms with Gasteiger partial charge in [-0.15, -0.1) is 0 Å². The highest BCUT2D eigenvalue weighted by Gasteiger charge is 2.29. The predicted molar refractivity (Wildman–Crippen MR) is 106 cm³/mol. The Kier molecular flexibility index (Phi) is 5.49. The normalized spacial score (nSPS) is 15.0. The molecule has 0 saturated carbocycles. The number of nitrogens with zero attached hydrogens (tertiary/aromatic N) is 2. The van der Waals surface area contributed by atoms with Gasteiger partial charge < -0.3 is 9.64 Å². The van der Waals surface area contributed by atoms with Crippen LogP contribution in [0, 0.1) is 0 Å². The molecule has 2 aromatic rings. The molecule has 27 heavy (non-hydrogen) atoms. The van der Waals surface area contributed by atoms with E-state index < -0.39 is 6.09 Å². The van der Waals surface area contributed by atoms with Gasteiger partial charge in [0, 0.05) is 18.8 Å². The molecule has 3 rings (SSSR count). The molecule has 1 fully saturated rings. The third kappa shape index (κ3) is 4.67. The van der Waals surface area contributed by atoms with E-state index in [9.17, 15) is 9.59 Å². The first kappa shape index (κ1) is 19.0. The molecule has 1 aliphatic heterocycles. The van der Waals surface area contributed by atoms with Crippen LogP contribution in [0.5, 0.6) is 0 Å². The number of benzene rings is 2. The fourth-order valence-corrected chi connectivity index (χ4v) is 3.05. The van der Waals surface area contributed by atoms with Crippen molar-refractivity contribution in [2.45, 2.75) is 32.8 Å². The number of anilines is 1. The average Bonchev–Trinajstić information content (AvgIpc) is 2.66. The molecule has 0 N–H and O–H groups in total. The fraction of sp³-hybridized carbons (Fsp3) is 0.364. The third-order valence-corrected chi connectivity index (χ3v) is 4.73. The number of ether oxygens (including phenoxy) is 1. The minimum absolute atomic E-state index is 0.0364. The molecule has 0 radical (unpaired) electrons. The van der Waals surface area contributed by atoms with Crippen molar-refractivity contribution < 1.29 is 14.3 Å². The maximum atomic E-state index is 12.5. The van der Waals surface area contributed by atoms with E-state index in [0.717, 1.165) is 11.3 Å². The van der Waals surface area contributed by atoms with Gasteiger partial charge in [0.2, 0.25) is 5.91 Å². The van der Waals surface area contributed by atoms with Gasteiger partial charge in [-0.2, -0.15) is 0 Å². The van der Waals surface area contributed by atoms with E-state index in [1.165, 1.54) is 10.5 Å². The first-order chi connectivity index (χ1) is 12.8. The zero-order chi connectivity index (χ0) is 19.4. The molecule has 2 aromatic carbocycles. The smallest absolute Gasteiger partial charge is 0.410 e. The van der Waals surface area contributed by atoms with Crippen molar-refractivity contribution in [1.82, 2.24) is 4.90 Å². The summed E-state index contributed by atoms with van der Waals surface area (Å²) in [7, 11) is 0. The first-order valence-electron chi connectivity index (χ1n) is 9.21. The van der Waals surface area contributed by atoms with Crippen LogP contribution in [-0.4, -0.2) is 36.5 Å². The number of hydrogen-bond acceptors (Lipinski definition) is 3. The third-order valence-electron chi connectivity index (χ3n) is 4.73. The SMILES string of the molecule is CC(C)(C)c1ccc(N2CCN(C(=O)OCc3ccccc3)CC2=O)cc1. The van der Waals surface area contributed by atoms with Gasteiger partial charge in [0.15, 0.2) is 0 Å². The lowest BCUT2D eigenvalue weighted by Crippen LogP contribution is -2.52. The van der Waals surface area contributed by atoms with Gasteiger partial charge in [-0.1, -0.05) is 63.2 Å². The molecular weight excluding hydrogens is 340 g/mol. The molecule has 5 nitrogen and oxygen atoms in total. The molecular formula is C22H26N2O3. The predicted octanol–water partition coefficient (Wildman–Crippen LogP) is 3.97. The first-order valence-corrected chi connectivity index (χ1v) is 9.21. The number of hydrogen-bond donors (Lipinski definition) is 0. The lowest BCUT2D eigenvalue weighted by atomic mass is 9.87. The average molecular weight is 366 g/mol. The standard InChI is InChI=1S/C22H26N2O3/c1-22(2,3)18-9-11-19(12-10-18)24-14-13-23(15-20(24)25)21(26)27-16-17-7-5-4-6-8-17/h4-12H,13-16H2,1-3H3. The molecule has 1 heterocycles. The van der Waals surface area contributed by atoms with Crippen molar-refractivity contribution in [1.29, 1.82) is 0 Å². The molecule has 0 unspecified atom stereocenters. The number of carbonyl (C=O) groups excluding carboxylic acids is 2. The van der Waals surface area contributed by atoms with E-state index in [1.807, 2.05) is 42.5 Å². The molecule has 1 saturated heterocycles. The largest absolute Gasteiger partial charge is 0.445 e. The maximum absolute atomic E-state index is 12.5. The van der Waals surface area contributed by atoms with Gasteiger partial charge in [-0.3, -0.25) is 9.69 Å². The Morgan fingerprint density at radius 3 is 2.26 bits per heavy atom. The topological polar surface area (TPSA) is 49.9 Å². The van der Waals surface area contributed by atoms with E-state index in [0.29, 0.717) is 13.1 Å². The summed E-state index contributed by atoms with van der Waals surface area (Å²) in [4.78, 5) is 28.0. The van der Waals surface area contributed by atoms with E-state index in [4.69, 9.17) is 4.74 Å². The van der Waals surface area contributed by atoms with Gasteiger partial charge in [0.1, 0.15) is 13.2 Å². The Morgan fingerprint density at radius 2 is 1.67 bits per heavy atom. The summed E-state index contributed by atoms with van der Waals surface area (Å²) in [5, 5.41) is 0. The van der Waals surface area contributed by atoms with Crippen LogP contribution in [0.4, 0.5) is 10.5 Å². The molecule has 1 aliphatic rings. The summed E-state index contributed by atoms with van der Waals surface area (Å²) >= 11 is 0. The van der Waals surface area contributed by atoms with Gasteiger partial charge in [0.25, 0.3) is 0 Å². The van der Waals surface area contributed by atoms with Crippen LogP contribution < -0.4 is 4.90 Å². The maximum Gasteiger partial charge on any atom is 0.410 e. The monoisotopic (exact) mass is 366 g/mol.